The SMILES string of the molecule is CN(C)c1cccc(C(=O)N2CCN(Cc3c[nH]cn3)c3ccc(-c4ccccc4)cc3C2)c1. The number of H-pyrrole nitrogens is 1. The molecule has 1 N–H and O–H groups in total. The molecule has 3 aromatic carbocycles. The van der Waals surface area contributed by atoms with Crippen molar-refractivity contribution in [1.29, 1.82) is 0 Å². The second-order valence-corrected chi connectivity index (χ2v) is 8.86. The van der Waals surface area contributed by atoms with E-state index in [0.717, 1.165) is 34.7 Å². The van der Waals surface area contributed by atoms with Gasteiger partial charge in [0.25, 0.3) is 5.91 Å². The number of nitrogens with zero attached hydrogens (tertiary/aromatic N) is 4. The molecule has 0 unspecified atom stereocenters. The van der Waals surface area contributed by atoms with Gasteiger partial charge < -0.3 is 19.7 Å². The van der Waals surface area contributed by atoms with Gasteiger partial charge in [0.15, 0.2) is 0 Å². The van der Waals surface area contributed by atoms with Gasteiger partial charge in [-0.15, -0.1) is 0 Å². The summed E-state index contributed by atoms with van der Waals surface area (Å²) in [4.78, 5) is 27.4. The zero-order valence-electron chi connectivity index (χ0n) is 19.6. The highest BCUT2D eigenvalue weighted by Gasteiger charge is 2.25. The van der Waals surface area contributed by atoms with E-state index in [9.17, 15) is 4.79 Å². The fraction of sp³-hybridized carbons (Fsp3) is 0.214. The van der Waals surface area contributed by atoms with Crippen molar-refractivity contribution in [3.63, 3.8) is 0 Å². The highest BCUT2D eigenvalue weighted by molar-refractivity contribution is 5.95. The van der Waals surface area contributed by atoms with Gasteiger partial charge in [-0.1, -0.05) is 42.5 Å². The van der Waals surface area contributed by atoms with Crippen LogP contribution in [0.25, 0.3) is 11.1 Å². The Morgan fingerprint density at radius 2 is 1.82 bits per heavy atom. The van der Waals surface area contributed by atoms with E-state index >= 15 is 0 Å². The first-order chi connectivity index (χ1) is 16.6. The van der Waals surface area contributed by atoms with Crippen molar-refractivity contribution >= 4 is 17.3 Å². The summed E-state index contributed by atoms with van der Waals surface area (Å²) >= 11 is 0. The van der Waals surface area contributed by atoms with Gasteiger partial charge in [0.05, 0.1) is 18.6 Å². The number of amides is 1. The summed E-state index contributed by atoms with van der Waals surface area (Å²) < 4.78 is 0. The molecule has 34 heavy (non-hydrogen) atoms. The van der Waals surface area contributed by atoms with Crippen LogP contribution in [0.4, 0.5) is 11.4 Å². The lowest BCUT2D eigenvalue weighted by Gasteiger charge is -2.24. The molecule has 6 heteroatoms. The van der Waals surface area contributed by atoms with Crippen molar-refractivity contribution in [2.75, 3.05) is 37.0 Å². The molecule has 0 fully saturated rings. The van der Waals surface area contributed by atoms with Crippen molar-refractivity contribution in [3.8, 4) is 11.1 Å². The molecule has 1 amide bonds. The van der Waals surface area contributed by atoms with Gasteiger partial charge >= 0.3 is 0 Å². The molecule has 6 nitrogen and oxygen atoms in total. The molecule has 0 saturated heterocycles. The smallest absolute Gasteiger partial charge is 0.254 e. The van der Waals surface area contributed by atoms with Gasteiger partial charge in [-0.05, 0) is 47.0 Å². The van der Waals surface area contributed by atoms with E-state index in [2.05, 4.69) is 57.3 Å². The van der Waals surface area contributed by atoms with Crippen LogP contribution in [0.2, 0.25) is 0 Å². The summed E-state index contributed by atoms with van der Waals surface area (Å²) in [6.07, 6.45) is 3.64. The van der Waals surface area contributed by atoms with E-state index in [1.165, 1.54) is 5.56 Å². The minimum absolute atomic E-state index is 0.0568. The van der Waals surface area contributed by atoms with Crippen molar-refractivity contribution < 1.29 is 4.79 Å². The van der Waals surface area contributed by atoms with Crippen molar-refractivity contribution in [2.24, 2.45) is 0 Å². The molecule has 0 aliphatic carbocycles. The van der Waals surface area contributed by atoms with Crippen LogP contribution in [0.15, 0.2) is 85.3 Å². The Kier molecular flexibility index (Phi) is 6.04. The molecule has 0 saturated carbocycles. The lowest BCUT2D eigenvalue weighted by Crippen LogP contribution is -2.35. The minimum Gasteiger partial charge on any atom is -0.378 e. The molecule has 5 rings (SSSR count). The summed E-state index contributed by atoms with van der Waals surface area (Å²) in [5.74, 6) is 0.0568. The number of fused-ring (bicyclic) bond motifs is 1. The quantitative estimate of drug-likeness (QED) is 0.473. The number of benzene rings is 3. The molecule has 0 bridgehead atoms. The van der Waals surface area contributed by atoms with Crippen LogP contribution in [-0.4, -0.2) is 48.0 Å². The third-order valence-electron chi connectivity index (χ3n) is 6.33. The van der Waals surface area contributed by atoms with Gasteiger partial charge in [-0.25, -0.2) is 4.98 Å². The second-order valence-electron chi connectivity index (χ2n) is 8.86. The molecule has 172 valence electrons. The highest BCUT2D eigenvalue weighted by Crippen LogP contribution is 2.32. The van der Waals surface area contributed by atoms with Gasteiger partial charge in [0.2, 0.25) is 0 Å². The molecule has 2 heterocycles. The molecule has 1 aromatic heterocycles. The number of anilines is 2. The number of hydrogen-bond donors (Lipinski definition) is 1. The third kappa shape index (κ3) is 4.53. The zero-order valence-corrected chi connectivity index (χ0v) is 19.6. The molecular formula is C28H29N5O. The van der Waals surface area contributed by atoms with Crippen LogP contribution in [-0.2, 0) is 13.1 Å². The maximum atomic E-state index is 13.6. The molecule has 1 aliphatic rings. The summed E-state index contributed by atoms with van der Waals surface area (Å²) in [7, 11) is 3.98. The summed E-state index contributed by atoms with van der Waals surface area (Å²) in [5, 5.41) is 0. The monoisotopic (exact) mass is 451 g/mol. The topological polar surface area (TPSA) is 55.5 Å². The number of carbonyl (C=O) groups excluding carboxylic acids is 1. The van der Waals surface area contributed by atoms with Crippen LogP contribution in [0.3, 0.4) is 0 Å². The van der Waals surface area contributed by atoms with Crippen LogP contribution < -0.4 is 9.80 Å². The van der Waals surface area contributed by atoms with Gasteiger partial charge in [-0.3, -0.25) is 4.79 Å². The Labute approximate surface area is 200 Å². The molecule has 0 atom stereocenters. The third-order valence-corrected chi connectivity index (χ3v) is 6.33. The molecule has 1 aliphatic heterocycles. The van der Waals surface area contributed by atoms with E-state index < -0.39 is 0 Å². The van der Waals surface area contributed by atoms with E-state index in [1.807, 2.05) is 60.4 Å². The lowest BCUT2D eigenvalue weighted by molar-refractivity contribution is 0.0751. The number of rotatable bonds is 5. The van der Waals surface area contributed by atoms with E-state index in [-0.39, 0.29) is 5.91 Å². The van der Waals surface area contributed by atoms with E-state index in [0.29, 0.717) is 25.2 Å². The number of imidazole rings is 1. The summed E-state index contributed by atoms with van der Waals surface area (Å²) in [6, 6.07) is 24.8. The fourth-order valence-electron chi connectivity index (χ4n) is 4.49. The Bertz CT molecular complexity index is 1270. The van der Waals surface area contributed by atoms with Crippen LogP contribution in [0.1, 0.15) is 21.6 Å². The highest BCUT2D eigenvalue weighted by atomic mass is 16.2. The zero-order chi connectivity index (χ0) is 23.5. The number of nitrogens with one attached hydrogen (secondary N) is 1. The first-order valence-electron chi connectivity index (χ1n) is 11.6. The van der Waals surface area contributed by atoms with Crippen LogP contribution >= 0.6 is 0 Å². The Balaban J connectivity index is 1.50. The maximum Gasteiger partial charge on any atom is 0.254 e. The van der Waals surface area contributed by atoms with E-state index in [1.54, 1.807) is 6.33 Å². The number of aromatic amines is 1. The predicted molar refractivity (Wildman–Crippen MR) is 137 cm³/mol. The molecule has 0 radical (unpaired) electrons. The lowest BCUT2D eigenvalue weighted by atomic mass is 10.0. The first kappa shape index (κ1) is 21.8. The van der Waals surface area contributed by atoms with Gasteiger partial charge in [-0.2, -0.15) is 0 Å². The van der Waals surface area contributed by atoms with Gasteiger partial charge in [0.1, 0.15) is 0 Å². The molecular weight excluding hydrogens is 422 g/mol. The number of carbonyl (C=O) groups is 1. The van der Waals surface area contributed by atoms with Gasteiger partial charge in [0, 0.05) is 56.9 Å². The Hall–Kier alpha value is -4.06. The minimum atomic E-state index is 0.0568. The summed E-state index contributed by atoms with van der Waals surface area (Å²) in [5.41, 5.74) is 7.34. The van der Waals surface area contributed by atoms with Crippen LogP contribution in [0.5, 0.6) is 0 Å². The Morgan fingerprint density at radius 3 is 2.59 bits per heavy atom. The summed E-state index contributed by atoms with van der Waals surface area (Å²) in [6.45, 7) is 2.64. The van der Waals surface area contributed by atoms with E-state index in [4.69, 9.17) is 0 Å². The molecule has 0 spiro atoms. The van der Waals surface area contributed by atoms with Crippen LogP contribution in [0, 0.1) is 0 Å². The predicted octanol–water partition coefficient (Wildman–Crippen LogP) is 4.81. The van der Waals surface area contributed by atoms with Crippen molar-refractivity contribution in [1.82, 2.24) is 14.9 Å². The normalized spacial score (nSPS) is 13.4. The standard InChI is InChI=1S/C28H29N5O/c1-31(2)26-10-6-9-23(16-26)28(34)33-14-13-32(19-25-17-29-20-30-25)27-12-11-22(15-24(27)18-33)21-7-4-3-5-8-21/h3-12,15-17,20H,13-14,18-19H2,1-2H3,(H,29,30). The number of aromatic nitrogens is 2. The van der Waals surface area contributed by atoms with Crippen molar-refractivity contribution in [2.45, 2.75) is 13.1 Å². The first-order valence-corrected chi connectivity index (χ1v) is 11.6. The fourth-order valence-corrected chi connectivity index (χ4v) is 4.49. The maximum absolute atomic E-state index is 13.6. The largest absolute Gasteiger partial charge is 0.378 e. The second kappa shape index (κ2) is 9.43. The average molecular weight is 452 g/mol. The molecule has 4 aromatic rings. The average Bonchev–Trinajstić information content (AvgIpc) is 3.32. The van der Waals surface area contributed by atoms with Crippen molar-refractivity contribution in [3.05, 3.63) is 102 Å². The number of hydrogen-bond acceptors (Lipinski definition) is 4. The Morgan fingerprint density at radius 1 is 0.971 bits per heavy atom.